The molecule has 0 unspecified atom stereocenters. The number of benzene rings is 3. The largest absolute Gasteiger partial charge is 0.453 e. The van der Waals surface area contributed by atoms with E-state index in [1.165, 1.54) is 7.11 Å². The summed E-state index contributed by atoms with van der Waals surface area (Å²) >= 11 is 6.86. The van der Waals surface area contributed by atoms with Gasteiger partial charge in [-0.15, -0.1) is 0 Å². The summed E-state index contributed by atoms with van der Waals surface area (Å²) in [4.78, 5) is 60.5. The van der Waals surface area contributed by atoms with Gasteiger partial charge in [-0.05, 0) is 102 Å². The molecule has 5 heterocycles. The maximum Gasteiger partial charge on any atom is 0.407 e. The Morgan fingerprint density at radius 2 is 1.46 bits per heavy atom. The van der Waals surface area contributed by atoms with Crippen molar-refractivity contribution in [2.75, 3.05) is 20.3 Å². The number of aromatic amines is 2. The maximum absolute atomic E-state index is 14.3. The molecule has 5 fully saturated rings. The standard InChI is InChI=1S/C46H50ClN7O5/c1-24(2)16-39(55)53-35-19-32(35)21-37(53)43-48-23-34(49-43)26-6-4-25(5-7-26)28-8-9-30-18-31(11-10-29(30)17-28)40-42(47)52-44(50-40)38-22-33-20-36(33)54(38)45(56)41(51-46(57)58-3)27-12-14-59-15-13-27/h4-11,17-18,23-24,27,32-33,35-38,41H,12-16,19-22H2,1-3H3,(H,48,49)(H,50,52)(H,51,57)/t32-,33-,35-,36-,37+,38+,41+/m1/s1. The van der Waals surface area contributed by atoms with E-state index in [9.17, 15) is 14.4 Å². The first-order valence-corrected chi connectivity index (χ1v) is 21.5. The summed E-state index contributed by atoms with van der Waals surface area (Å²) < 4.78 is 10.5. The highest BCUT2D eigenvalue weighted by atomic mass is 35.5. The minimum Gasteiger partial charge on any atom is -0.453 e. The van der Waals surface area contributed by atoms with Gasteiger partial charge in [0.05, 0.1) is 31.1 Å². The van der Waals surface area contributed by atoms with Crippen LogP contribution in [-0.4, -0.2) is 86.1 Å². The second-order valence-corrected chi connectivity index (χ2v) is 18.0. The third kappa shape index (κ3) is 7.18. The number of alkyl carbamates (subject to hydrolysis) is 1. The molecular weight excluding hydrogens is 766 g/mol. The molecule has 2 saturated carbocycles. The molecule has 3 aromatic carbocycles. The van der Waals surface area contributed by atoms with Crippen molar-refractivity contribution >= 4 is 40.3 Å². The fraction of sp³-hybridized carbons (Fsp3) is 0.457. The van der Waals surface area contributed by atoms with Crippen LogP contribution in [0.4, 0.5) is 4.79 Å². The Hall–Kier alpha value is -5.20. The highest BCUT2D eigenvalue weighted by Crippen LogP contribution is 2.55. The summed E-state index contributed by atoms with van der Waals surface area (Å²) in [5.74, 6) is 2.99. The van der Waals surface area contributed by atoms with Crippen molar-refractivity contribution in [2.45, 2.75) is 89.0 Å². The number of hydrogen-bond acceptors (Lipinski definition) is 7. The average molecular weight is 816 g/mol. The Balaban J connectivity index is 0.844. The third-order valence-electron chi connectivity index (χ3n) is 13.3. The number of amides is 3. The van der Waals surface area contributed by atoms with Crippen molar-refractivity contribution in [3.8, 4) is 33.6 Å². The van der Waals surface area contributed by atoms with E-state index in [0.717, 1.165) is 70.2 Å². The number of likely N-dealkylation sites (tertiary alicyclic amines) is 2. The zero-order valence-electron chi connectivity index (χ0n) is 33.6. The molecule has 3 amide bonds. The van der Waals surface area contributed by atoms with Gasteiger partial charge in [0, 0.05) is 37.3 Å². The lowest BCUT2D eigenvalue weighted by atomic mass is 9.90. The first kappa shape index (κ1) is 38.0. The molecule has 0 radical (unpaired) electrons. The molecule has 5 aliphatic rings. The molecule has 3 aliphatic heterocycles. The molecule has 7 atom stereocenters. The lowest BCUT2D eigenvalue weighted by molar-refractivity contribution is -0.138. The third-order valence-corrected chi connectivity index (χ3v) is 13.6. The molecule has 306 valence electrons. The topological polar surface area (TPSA) is 146 Å². The number of carbonyl (C=O) groups excluding carboxylic acids is 3. The smallest absolute Gasteiger partial charge is 0.407 e. The van der Waals surface area contributed by atoms with E-state index in [1.54, 1.807) is 0 Å². The van der Waals surface area contributed by atoms with Crippen LogP contribution >= 0.6 is 11.6 Å². The van der Waals surface area contributed by atoms with Crippen LogP contribution in [0.2, 0.25) is 5.15 Å². The monoisotopic (exact) mass is 815 g/mol. The molecule has 0 bridgehead atoms. The Bertz CT molecular complexity index is 2420. The molecule has 2 aromatic heterocycles. The zero-order valence-corrected chi connectivity index (χ0v) is 34.4. The minimum atomic E-state index is -0.697. The van der Waals surface area contributed by atoms with Crippen LogP contribution in [0, 0.1) is 23.7 Å². The van der Waals surface area contributed by atoms with Gasteiger partial charge in [0.15, 0.2) is 0 Å². The van der Waals surface area contributed by atoms with E-state index in [4.69, 9.17) is 31.0 Å². The zero-order chi connectivity index (χ0) is 40.5. The summed E-state index contributed by atoms with van der Waals surface area (Å²) in [6.07, 6.45) is 7.09. The molecule has 0 spiro atoms. The van der Waals surface area contributed by atoms with E-state index >= 15 is 0 Å². The number of halogens is 1. The van der Waals surface area contributed by atoms with Crippen molar-refractivity contribution in [3.63, 3.8) is 0 Å². The second kappa shape index (κ2) is 15.1. The van der Waals surface area contributed by atoms with Gasteiger partial charge < -0.3 is 34.6 Å². The van der Waals surface area contributed by atoms with Crippen molar-refractivity contribution in [1.29, 1.82) is 0 Å². The Morgan fingerprint density at radius 1 is 0.831 bits per heavy atom. The predicted molar refractivity (Wildman–Crippen MR) is 224 cm³/mol. The van der Waals surface area contributed by atoms with Crippen molar-refractivity contribution < 1.29 is 23.9 Å². The quantitative estimate of drug-likeness (QED) is 0.128. The summed E-state index contributed by atoms with van der Waals surface area (Å²) in [7, 11) is 1.32. The van der Waals surface area contributed by atoms with Crippen molar-refractivity contribution in [2.24, 2.45) is 23.7 Å². The molecule has 5 aromatic rings. The van der Waals surface area contributed by atoms with Gasteiger partial charge in [-0.1, -0.05) is 74.0 Å². The first-order chi connectivity index (χ1) is 28.6. The summed E-state index contributed by atoms with van der Waals surface area (Å²) in [5.41, 5.74) is 5.75. The summed E-state index contributed by atoms with van der Waals surface area (Å²) in [6.45, 7) is 5.32. The van der Waals surface area contributed by atoms with Gasteiger partial charge in [0.2, 0.25) is 11.8 Å². The molecule has 10 rings (SSSR count). The number of piperidine rings is 2. The maximum atomic E-state index is 14.3. The Labute approximate surface area is 348 Å². The molecule has 59 heavy (non-hydrogen) atoms. The lowest BCUT2D eigenvalue weighted by Crippen LogP contribution is -2.54. The van der Waals surface area contributed by atoms with Crippen LogP contribution in [0.5, 0.6) is 0 Å². The average Bonchev–Trinajstić information content (AvgIpc) is 3.89. The normalized spacial score (nSPS) is 25.2. The van der Waals surface area contributed by atoms with Gasteiger partial charge in [-0.3, -0.25) is 9.59 Å². The van der Waals surface area contributed by atoms with Gasteiger partial charge in [0.25, 0.3) is 0 Å². The SMILES string of the molecule is COC(=O)N[C@H](C(=O)N1[C@@H]2C[C@@H]2C[C@H]1c1nc(-c2ccc3cc(-c4ccc(-c5cnc([C@@H]6C[C@H]7C[C@H]7N6C(=O)CC(C)C)[nH]5)cc4)ccc3c2)c(Cl)[nH]1)C1CCOCC1. The molecule has 12 nitrogen and oxygen atoms in total. The number of nitrogens with zero attached hydrogens (tertiary/aromatic N) is 4. The number of aromatic nitrogens is 4. The summed E-state index contributed by atoms with van der Waals surface area (Å²) in [6, 6.07) is 20.8. The summed E-state index contributed by atoms with van der Waals surface area (Å²) in [5, 5.41) is 5.43. The van der Waals surface area contributed by atoms with Gasteiger partial charge >= 0.3 is 6.09 Å². The van der Waals surface area contributed by atoms with Crippen molar-refractivity contribution in [1.82, 2.24) is 35.1 Å². The second-order valence-electron chi connectivity index (χ2n) is 17.7. The number of carbonyl (C=O) groups is 3. The lowest BCUT2D eigenvalue weighted by Gasteiger charge is -2.35. The fourth-order valence-electron chi connectivity index (χ4n) is 10.1. The van der Waals surface area contributed by atoms with E-state index in [0.29, 0.717) is 72.9 Å². The number of imidazole rings is 2. The van der Waals surface area contributed by atoms with E-state index in [1.807, 2.05) is 17.2 Å². The van der Waals surface area contributed by atoms with Gasteiger partial charge in [-0.2, -0.15) is 0 Å². The number of rotatable bonds is 10. The van der Waals surface area contributed by atoms with Crippen LogP contribution in [0.25, 0.3) is 44.4 Å². The van der Waals surface area contributed by atoms with Crippen LogP contribution in [0.15, 0.2) is 66.9 Å². The van der Waals surface area contributed by atoms with Crippen molar-refractivity contribution in [3.05, 3.63) is 83.7 Å². The molecule has 13 heteroatoms. The number of nitrogens with one attached hydrogen (secondary N) is 3. The number of methoxy groups -OCH3 is 1. The van der Waals surface area contributed by atoms with Crippen LogP contribution in [0.3, 0.4) is 0 Å². The number of hydrogen-bond donors (Lipinski definition) is 3. The molecule has 2 aliphatic carbocycles. The number of ether oxygens (including phenoxy) is 2. The molecular formula is C46H50ClN7O5. The van der Waals surface area contributed by atoms with E-state index < -0.39 is 12.1 Å². The molecule has 3 N–H and O–H groups in total. The molecule has 3 saturated heterocycles. The first-order valence-electron chi connectivity index (χ1n) is 21.1. The highest BCUT2D eigenvalue weighted by Gasteiger charge is 2.57. The Kier molecular flexibility index (Phi) is 9.75. The van der Waals surface area contributed by atoms with Gasteiger partial charge in [0.1, 0.15) is 28.5 Å². The van der Waals surface area contributed by atoms with Crippen LogP contribution < -0.4 is 5.32 Å². The number of fused-ring (bicyclic) bond motifs is 3. The van der Waals surface area contributed by atoms with E-state index in [-0.39, 0.29) is 35.9 Å². The minimum absolute atomic E-state index is 0.0274. The van der Waals surface area contributed by atoms with Crippen LogP contribution in [-0.2, 0) is 19.1 Å². The fourth-order valence-corrected chi connectivity index (χ4v) is 10.3. The van der Waals surface area contributed by atoms with Crippen LogP contribution in [0.1, 0.15) is 82.5 Å². The Morgan fingerprint density at radius 3 is 2.15 bits per heavy atom. The number of H-pyrrole nitrogens is 2. The highest BCUT2D eigenvalue weighted by molar-refractivity contribution is 6.32. The van der Waals surface area contributed by atoms with Gasteiger partial charge in [-0.25, -0.2) is 14.8 Å². The van der Waals surface area contributed by atoms with E-state index in [2.05, 4.69) is 88.6 Å². The predicted octanol–water partition coefficient (Wildman–Crippen LogP) is 8.46.